The van der Waals surface area contributed by atoms with Crippen LogP contribution in [-0.4, -0.2) is 34.1 Å². The van der Waals surface area contributed by atoms with Gasteiger partial charge >= 0.3 is 0 Å². The van der Waals surface area contributed by atoms with Crippen molar-refractivity contribution in [2.75, 3.05) is 25.4 Å². The van der Waals surface area contributed by atoms with Gasteiger partial charge in [0.1, 0.15) is 5.82 Å². The molecule has 4 heteroatoms. The zero-order chi connectivity index (χ0) is 16.6. The molecule has 2 N–H and O–H groups in total. The minimum absolute atomic E-state index is 0.0299. The van der Waals surface area contributed by atoms with Crippen LogP contribution in [-0.2, 0) is 12.0 Å². The van der Waals surface area contributed by atoms with Gasteiger partial charge in [-0.05, 0) is 50.6 Å². The first-order chi connectivity index (χ1) is 10.9. The van der Waals surface area contributed by atoms with E-state index in [2.05, 4.69) is 43.2 Å². The third-order valence-electron chi connectivity index (χ3n) is 4.98. The van der Waals surface area contributed by atoms with Crippen molar-refractivity contribution in [3.63, 3.8) is 0 Å². The van der Waals surface area contributed by atoms with E-state index in [4.69, 9.17) is 10.7 Å². The number of aryl methyl sites for hydroxylation is 1. The largest absolute Gasteiger partial charge is 0.398 e. The van der Waals surface area contributed by atoms with Crippen LogP contribution in [0.3, 0.4) is 0 Å². The minimum atomic E-state index is 0.0299. The lowest BCUT2D eigenvalue weighted by Gasteiger charge is -2.28. The van der Waals surface area contributed by atoms with Crippen molar-refractivity contribution >= 4 is 16.7 Å². The average molecular weight is 314 g/mol. The Morgan fingerprint density at radius 3 is 2.43 bits per heavy atom. The van der Waals surface area contributed by atoms with E-state index in [9.17, 15) is 0 Å². The van der Waals surface area contributed by atoms with E-state index >= 15 is 0 Å². The summed E-state index contributed by atoms with van der Waals surface area (Å²) in [5, 5.41) is 0. The van der Waals surface area contributed by atoms with Gasteiger partial charge in [0, 0.05) is 24.2 Å². The van der Waals surface area contributed by atoms with Gasteiger partial charge in [0.15, 0.2) is 0 Å². The van der Waals surface area contributed by atoms with Crippen LogP contribution >= 0.6 is 0 Å². The van der Waals surface area contributed by atoms with Gasteiger partial charge in [-0.1, -0.05) is 27.2 Å². The molecule has 1 aliphatic rings. The second-order valence-corrected chi connectivity index (χ2v) is 7.89. The normalized spacial score (nSPS) is 17.0. The van der Waals surface area contributed by atoms with E-state index in [0.29, 0.717) is 0 Å². The first-order valence-corrected chi connectivity index (χ1v) is 8.86. The molecule has 126 valence electrons. The van der Waals surface area contributed by atoms with E-state index in [0.717, 1.165) is 29.9 Å². The zero-order valence-electron chi connectivity index (χ0n) is 15.0. The maximum atomic E-state index is 6.09. The predicted octanol–water partition coefficient (Wildman–Crippen LogP) is 3.71. The number of rotatable bonds is 3. The summed E-state index contributed by atoms with van der Waals surface area (Å²) in [6.45, 7) is 13.4. The third-order valence-corrected chi connectivity index (χ3v) is 4.98. The van der Waals surface area contributed by atoms with Crippen molar-refractivity contribution < 1.29 is 0 Å². The van der Waals surface area contributed by atoms with Crippen LogP contribution in [0.25, 0.3) is 11.0 Å². The SMILES string of the molecule is Cc1c(N)ccc2c1nc(C(C)(C)C)n2CCN1CCCCC1. The van der Waals surface area contributed by atoms with Crippen molar-refractivity contribution in [2.24, 2.45) is 0 Å². The van der Waals surface area contributed by atoms with Crippen molar-refractivity contribution in [3.05, 3.63) is 23.5 Å². The number of hydrogen-bond donors (Lipinski definition) is 1. The minimum Gasteiger partial charge on any atom is -0.398 e. The summed E-state index contributed by atoms with van der Waals surface area (Å²) in [5.41, 5.74) is 10.3. The van der Waals surface area contributed by atoms with Crippen molar-refractivity contribution in [1.82, 2.24) is 14.5 Å². The number of nitrogens with two attached hydrogens (primary N) is 1. The highest BCUT2D eigenvalue weighted by Gasteiger charge is 2.24. The topological polar surface area (TPSA) is 47.1 Å². The smallest absolute Gasteiger partial charge is 0.115 e. The number of likely N-dealkylation sites (tertiary alicyclic amines) is 1. The summed E-state index contributed by atoms with van der Waals surface area (Å²) >= 11 is 0. The molecule has 2 heterocycles. The quantitative estimate of drug-likeness (QED) is 0.879. The summed E-state index contributed by atoms with van der Waals surface area (Å²) in [7, 11) is 0. The van der Waals surface area contributed by atoms with Crippen LogP contribution in [0.15, 0.2) is 12.1 Å². The molecular formula is C19H30N4. The number of imidazole rings is 1. The van der Waals surface area contributed by atoms with E-state index < -0.39 is 0 Å². The molecule has 1 fully saturated rings. The Hall–Kier alpha value is -1.55. The number of hydrogen-bond acceptors (Lipinski definition) is 3. The Bertz CT molecular complexity index is 687. The molecule has 0 bridgehead atoms. The molecule has 4 nitrogen and oxygen atoms in total. The molecule has 0 spiro atoms. The number of aromatic nitrogens is 2. The van der Waals surface area contributed by atoms with E-state index in [1.165, 1.54) is 43.7 Å². The van der Waals surface area contributed by atoms with E-state index in [1.807, 2.05) is 6.07 Å². The van der Waals surface area contributed by atoms with Crippen molar-refractivity contribution in [1.29, 1.82) is 0 Å². The predicted molar refractivity (Wildman–Crippen MR) is 97.9 cm³/mol. The number of piperidine rings is 1. The van der Waals surface area contributed by atoms with Crippen LogP contribution in [0.1, 0.15) is 51.4 Å². The van der Waals surface area contributed by atoms with Crippen molar-refractivity contribution in [2.45, 2.75) is 58.9 Å². The van der Waals surface area contributed by atoms with E-state index in [-0.39, 0.29) is 5.41 Å². The zero-order valence-corrected chi connectivity index (χ0v) is 15.0. The maximum Gasteiger partial charge on any atom is 0.115 e. The Morgan fingerprint density at radius 1 is 1.09 bits per heavy atom. The van der Waals surface area contributed by atoms with Crippen molar-refractivity contribution in [3.8, 4) is 0 Å². The first kappa shape index (κ1) is 16.3. The molecular weight excluding hydrogens is 284 g/mol. The monoisotopic (exact) mass is 314 g/mol. The van der Waals surface area contributed by atoms with Gasteiger partial charge in [0.05, 0.1) is 11.0 Å². The Balaban J connectivity index is 1.97. The van der Waals surface area contributed by atoms with Gasteiger partial charge in [-0.25, -0.2) is 4.98 Å². The van der Waals surface area contributed by atoms with Gasteiger partial charge < -0.3 is 15.2 Å². The highest BCUT2D eigenvalue weighted by atomic mass is 15.2. The molecule has 1 aromatic carbocycles. The third kappa shape index (κ3) is 3.23. The molecule has 0 saturated carbocycles. The second kappa shape index (κ2) is 6.16. The number of benzene rings is 1. The van der Waals surface area contributed by atoms with Crippen LogP contribution in [0.4, 0.5) is 5.69 Å². The molecule has 1 aromatic heterocycles. The standard InChI is InChI=1S/C19H30N4/c1-14-15(20)8-9-16-17(14)21-18(19(2,3)4)23(16)13-12-22-10-6-5-7-11-22/h8-9H,5-7,10-13,20H2,1-4H3. The molecule has 23 heavy (non-hydrogen) atoms. The lowest BCUT2D eigenvalue weighted by Crippen LogP contribution is -2.33. The molecule has 0 atom stereocenters. The summed E-state index contributed by atoms with van der Waals surface area (Å²) in [6, 6.07) is 4.15. The summed E-state index contributed by atoms with van der Waals surface area (Å²) < 4.78 is 2.41. The van der Waals surface area contributed by atoms with Crippen LogP contribution in [0.5, 0.6) is 0 Å². The Labute approximate surface area is 139 Å². The van der Waals surface area contributed by atoms with Gasteiger partial charge in [0.2, 0.25) is 0 Å². The maximum absolute atomic E-state index is 6.09. The molecule has 1 aliphatic heterocycles. The fourth-order valence-corrected chi connectivity index (χ4v) is 3.56. The molecule has 1 saturated heterocycles. The summed E-state index contributed by atoms with van der Waals surface area (Å²) in [4.78, 5) is 7.56. The number of nitrogen functional groups attached to an aromatic ring is 1. The second-order valence-electron chi connectivity index (χ2n) is 7.89. The highest BCUT2D eigenvalue weighted by molar-refractivity contribution is 5.84. The average Bonchev–Trinajstić information content (AvgIpc) is 2.89. The highest BCUT2D eigenvalue weighted by Crippen LogP contribution is 2.30. The molecule has 0 unspecified atom stereocenters. The lowest BCUT2D eigenvalue weighted by atomic mass is 9.95. The fourth-order valence-electron chi connectivity index (χ4n) is 3.56. The molecule has 0 aliphatic carbocycles. The van der Waals surface area contributed by atoms with Crippen LogP contribution < -0.4 is 5.73 Å². The van der Waals surface area contributed by atoms with Crippen LogP contribution in [0.2, 0.25) is 0 Å². The van der Waals surface area contributed by atoms with Gasteiger partial charge in [-0.3, -0.25) is 0 Å². The summed E-state index contributed by atoms with van der Waals surface area (Å²) in [5.74, 6) is 1.17. The van der Waals surface area contributed by atoms with Gasteiger partial charge in [0.25, 0.3) is 0 Å². The molecule has 3 rings (SSSR count). The molecule has 2 aromatic rings. The number of fused-ring (bicyclic) bond motifs is 1. The van der Waals surface area contributed by atoms with Gasteiger partial charge in [-0.15, -0.1) is 0 Å². The molecule has 0 radical (unpaired) electrons. The fraction of sp³-hybridized carbons (Fsp3) is 0.632. The van der Waals surface area contributed by atoms with Crippen LogP contribution in [0, 0.1) is 6.92 Å². The Kier molecular flexibility index (Phi) is 4.37. The van der Waals surface area contributed by atoms with Gasteiger partial charge in [-0.2, -0.15) is 0 Å². The lowest BCUT2D eigenvalue weighted by molar-refractivity contribution is 0.220. The number of nitrogens with zero attached hydrogens (tertiary/aromatic N) is 3. The molecule has 0 amide bonds. The first-order valence-electron chi connectivity index (χ1n) is 8.86. The number of anilines is 1. The summed E-state index contributed by atoms with van der Waals surface area (Å²) in [6.07, 6.45) is 4.06. The van der Waals surface area contributed by atoms with E-state index in [1.54, 1.807) is 0 Å². The Morgan fingerprint density at radius 2 is 1.78 bits per heavy atom.